The number of aryl methyl sites for hydroxylation is 1. The van der Waals surface area contributed by atoms with Crippen molar-refractivity contribution in [3.05, 3.63) is 59.9 Å². The van der Waals surface area contributed by atoms with Crippen LogP contribution in [0.4, 0.5) is 0 Å². The Balaban J connectivity index is 1.79. The van der Waals surface area contributed by atoms with Crippen molar-refractivity contribution in [2.24, 2.45) is 0 Å². The number of hydrogen-bond acceptors (Lipinski definition) is 5. The number of nitrogens with one attached hydrogen (secondary N) is 1. The maximum Gasteiger partial charge on any atom is 0.267 e. The highest BCUT2D eigenvalue weighted by atomic mass is 32.2. The molecule has 0 bridgehead atoms. The van der Waals surface area contributed by atoms with E-state index in [1.165, 1.54) is 12.1 Å². The monoisotopic (exact) mass is 373 g/mol. The quantitative estimate of drug-likeness (QED) is 0.854. The summed E-state index contributed by atoms with van der Waals surface area (Å²) in [5.41, 5.74) is 1.74. The second-order valence-electron chi connectivity index (χ2n) is 6.14. The van der Waals surface area contributed by atoms with Crippen LogP contribution in [-0.4, -0.2) is 35.6 Å². The molecule has 1 N–H and O–H groups in total. The second kappa shape index (κ2) is 7.25. The summed E-state index contributed by atoms with van der Waals surface area (Å²) in [4.78, 5) is 28.6. The highest BCUT2D eigenvalue weighted by Crippen LogP contribution is 2.27. The molecular formula is C18H19N3O4S. The number of carbonyl (C=O) groups is 2. The van der Waals surface area contributed by atoms with E-state index in [1.54, 1.807) is 36.7 Å². The van der Waals surface area contributed by atoms with Gasteiger partial charge in [-0.1, -0.05) is 17.7 Å². The fourth-order valence-electron chi connectivity index (χ4n) is 2.83. The van der Waals surface area contributed by atoms with Gasteiger partial charge in [-0.15, -0.1) is 0 Å². The fraction of sp³-hybridized carbons (Fsp3) is 0.278. The van der Waals surface area contributed by atoms with Crippen LogP contribution in [0.2, 0.25) is 0 Å². The summed E-state index contributed by atoms with van der Waals surface area (Å²) in [7, 11) is -4.07. The van der Waals surface area contributed by atoms with Gasteiger partial charge in [-0.2, -0.15) is 0 Å². The third kappa shape index (κ3) is 3.60. The summed E-state index contributed by atoms with van der Waals surface area (Å²) >= 11 is 0. The molecule has 1 aromatic carbocycles. The first-order chi connectivity index (χ1) is 12.4. The Morgan fingerprint density at radius 1 is 1.19 bits per heavy atom. The van der Waals surface area contributed by atoms with Crippen molar-refractivity contribution in [2.75, 3.05) is 0 Å². The third-order valence-corrected chi connectivity index (χ3v) is 6.10. The SMILES string of the molecule is Cc1ccc(S(=O)(=O)N2C(=O)CC[C@H]2C(=O)NCc2ccncc2)cc1. The number of benzene rings is 1. The van der Waals surface area contributed by atoms with Crippen LogP contribution in [0.5, 0.6) is 0 Å². The van der Waals surface area contributed by atoms with Gasteiger partial charge in [0.2, 0.25) is 11.8 Å². The summed E-state index contributed by atoms with van der Waals surface area (Å²) in [5, 5.41) is 2.70. The molecule has 0 radical (unpaired) electrons. The summed E-state index contributed by atoms with van der Waals surface area (Å²) in [6.07, 6.45) is 3.41. The maximum absolute atomic E-state index is 12.9. The number of amides is 2. The van der Waals surface area contributed by atoms with Crippen molar-refractivity contribution >= 4 is 21.8 Å². The molecule has 0 aliphatic carbocycles. The maximum atomic E-state index is 12.9. The van der Waals surface area contributed by atoms with Crippen LogP contribution in [0.25, 0.3) is 0 Å². The zero-order valence-electron chi connectivity index (χ0n) is 14.3. The van der Waals surface area contributed by atoms with E-state index in [0.29, 0.717) is 0 Å². The van der Waals surface area contributed by atoms with E-state index in [0.717, 1.165) is 15.4 Å². The van der Waals surface area contributed by atoms with E-state index in [4.69, 9.17) is 0 Å². The summed E-state index contributed by atoms with van der Waals surface area (Å²) < 4.78 is 26.4. The Morgan fingerprint density at radius 3 is 2.50 bits per heavy atom. The number of aromatic nitrogens is 1. The number of rotatable bonds is 5. The lowest BCUT2D eigenvalue weighted by Gasteiger charge is -2.23. The van der Waals surface area contributed by atoms with E-state index in [1.807, 2.05) is 6.92 Å². The predicted molar refractivity (Wildman–Crippen MR) is 94.3 cm³/mol. The average molecular weight is 373 g/mol. The molecule has 1 saturated heterocycles. The van der Waals surface area contributed by atoms with Gasteiger partial charge in [0.05, 0.1) is 4.90 Å². The Hall–Kier alpha value is -2.74. The minimum absolute atomic E-state index is 0.00489. The van der Waals surface area contributed by atoms with Crippen molar-refractivity contribution in [1.29, 1.82) is 0 Å². The number of carbonyl (C=O) groups excluding carboxylic acids is 2. The number of nitrogens with zero attached hydrogens (tertiary/aromatic N) is 2. The number of sulfonamides is 1. The van der Waals surface area contributed by atoms with E-state index >= 15 is 0 Å². The molecule has 2 heterocycles. The van der Waals surface area contributed by atoms with Crippen LogP contribution in [0, 0.1) is 6.92 Å². The van der Waals surface area contributed by atoms with Crippen molar-refractivity contribution < 1.29 is 18.0 Å². The minimum Gasteiger partial charge on any atom is -0.350 e. The van der Waals surface area contributed by atoms with Gasteiger partial charge in [-0.05, 0) is 43.2 Å². The Labute approximate surface area is 152 Å². The van der Waals surface area contributed by atoms with Gasteiger partial charge in [0.15, 0.2) is 0 Å². The van der Waals surface area contributed by atoms with Crippen LogP contribution in [0.3, 0.4) is 0 Å². The first kappa shape index (κ1) is 18.1. The summed E-state index contributed by atoms with van der Waals surface area (Å²) in [6.45, 7) is 2.08. The number of pyridine rings is 1. The van der Waals surface area contributed by atoms with Crippen LogP contribution < -0.4 is 5.32 Å². The molecular weight excluding hydrogens is 354 g/mol. The van der Waals surface area contributed by atoms with E-state index in [2.05, 4.69) is 10.3 Å². The van der Waals surface area contributed by atoms with Crippen molar-refractivity contribution in [1.82, 2.24) is 14.6 Å². The Bertz CT molecular complexity index is 911. The predicted octanol–water partition coefficient (Wildman–Crippen LogP) is 1.39. The third-order valence-electron chi connectivity index (χ3n) is 4.26. The van der Waals surface area contributed by atoms with Crippen LogP contribution in [0.1, 0.15) is 24.0 Å². The van der Waals surface area contributed by atoms with Crippen molar-refractivity contribution in [2.45, 2.75) is 37.2 Å². The van der Waals surface area contributed by atoms with E-state index in [-0.39, 0.29) is 24.3 Å². The van der Waals surface area contributed by atoms with Gasteiger partial charge in [-0.3, -0.25) is 14.6 Å². The van der Waals surface area contributed by atoms with Crippen LogP contribution in [-0.2, 0) is 26.2 Å². The Morgan fingerprint density at radius 2 is 1.85 bits per heavy atom. The molecule has 26 heavy (non-hydrogen) atoms. The standard InChI is InChI=1S/C18H19N3O4S/c1-13-2-4-15(5-3-13)26(24,25)21-16(6-7-17(21)22)18(23)20-12-14-8-10-19-11-9-14/h2-5,8-11,16H,6-7,12H2,1H3,(H,20,23)/t16-/m0/s1. The van der Waals surface area contributed by atoms with Gasteiger partial charge in [-0.25, -0.2) is 12.7 Å². The van der Waals surface area contributed by atoms with Crippen LogP contribution in [0.15, 0.2) is 53.7 Å². The molecule has 1 aliphatic heterocycles. The molecule has 1 aromatic heterocycles. The molecule has 7 nitrogen and oxygen atoms in total. The normalized spacial score (nSPS) is 17.3. The molecule has 8 heteroatoms. The van der Waals surface area contributed by atoms with E-state index in [9.17, 15) is 18.0 Å². The minimum atomic E-state index is -4.07. The molecule has 0 unspecified atom stereocenters. The van der Waals surface area contributed by atoms with Crippen molar-refractivity contribution in [3.8, 4) is 0 Å². The van der Waals surface area contributed by atoms with Gasteiger partial charge < -0.3 is 5.32 Å². The highest BCUT2D eigenvalue weighted by molar-refractivity contribution is 7.89. The largest absolute Gasteiger partial charge is 0.350 e. The summed E-state index contributed by atoms with van der Waals surface area (Å²) in [6, 6.07) is 8.68. The van der Waals surface area contributed by atoms with Gasteiger partial charge in [0.25, 0.3) is 10.0 Å². The first-order valence-corrected chi connectivity index (χ1v) is 9.64. The molecule has 2 aromatic rings. The topological polar surface area (TPSA) is 96.4 Å². The summed E-state index contributed by atoms with van der Waals surface area (Å²) in [5.74, 6) is -1.04. The second-order valence-corrected chi connectivity index (χ2v) is 7.95. The van der Waals surface area contributed by atoms with E-state index < -0.39 is 27.9 Å². The zero-order valence-corrected chi connectivity index (χ0v) is 15.1. The molecule has 1 aliphatic rings. The smallest absolute Gasteiger partial charge is 0.267 e. The van der Waals surface area contributed by atoms with Gasteiger partial charge in [0.1, 0.15) is 6.04 Å². The first-order valence-electron chi connectivity index (χ1n) is 8.20. The van der Waals surface area contributed by atoms with Gasteiger partial charge >= 0.3 is 0 Å². The molecule has 1 fully saturated rings. The molecule has 2 amide bonds. The average Bonchev–Trinajstić information content (AvgIpc) is 3.03. The lowest BCUT2D eigenvalue weighted by molar-refractivity contribution is -0.130. The van der Waals surface area contributed by atoms with Crippen molar-refractivity contribution in [3.63, 3.8) is 0 Å². The van der Waals surface area contributed by atoms with Gasteiger partial charge in [0, 0.05) is 25.4 Å². The lowest BCUT2D eigenvalue weighted by Crippen LogP contribution is -2.47. The fourth-order valence-corrected chi connectivity index (χ4v) is 4.43. The molecule has 1 atom stereocenters. The zero-order chi connectivity index (χ0) is 18.7. The van der Waals surface area contributed by atoms with Crippen LogP contribution >= 0.6 is 0 Å². The highest BCUT2D eigenvalue weighted by Gasteiger charge is 2.44. The molecule has 0 spiro atoms. The number of hydrogen-bond donors (Lipinski definition) is 1. The Kier molecular flexibility index (Phi) is 5.03. The molecule has 136 valence electrons. The molecule has 3 rings (SSSR count). The lowest BCUT2D eigenvalue weighted by atomic mass is 10.2. The molecule has 0 saturated carbocycles.